The maximum absolute atomic E-state index is 11.9. The number of carbonyl (C=O) groups is 2. The van der Waals surface area contributed by atoms with Crippen LogP contribution in [0.25, 0.3) is 0 Å². The molecule has 0 bridgehead atoms. The van der Waals surface area contributed by atoms with Crippen molar-refractivity contribution in [3.8, 4) is 0 Å². The molecule has 2 rings (SSSR count). The van der Waals surface area contributed by atoms with Crippen molar-refractivity contribution in [1.29, 1.82) is 0 Å². The molecule has 0 spiro atoms. The number of hydrogen-bond donors (Lipinski definition) is 1. The van der Waals surface area contributed by atoms with Crippen LogP contribution >= 0.6 is 0 Å². The molecule has 0 radical (unpaired) electrons. The molecule has 0 saturated carbocycles. The number of rotatable bonds is 11. The standard InChI is InChI=1S/C20H33NO2/c1-2-3-4-5-6-7-8-9-10-11-13-16-14-12-15-17-18(16)20(23)21-19(17)22/h16H,2-15H2,1H3,(H,21,22,23). The number of carbonyl (C=O) groups excluding carboxylic acids is 2. The number of amides is 2. The van der Waals surface area contributed by atoms with Crippen LogP contribution in [-0.4, -0.2) is 11.8 Å². The number of imide groups is 1. The maximum atomic E-state index is 11.9. The lowest BCUT2D eigenvalue weighted by atomic mass is 9.81. The molecule has 3 nitrogen and oxygen atoms in total. The van der Waals surface area contributed by atoms with Gasteiger partial charge in [0.2, 0.25) is 0 Å². The summed E-state index contributed by atoms with van der Waals surface area (Å²) in [5, 5.41) is 2.48. The van der Waals surface area contributed by atoms with Crippen LogP contribution in [0.1, 0.15) is 96.8 Å². The Balaban J connectivity index is 1.56. The largest absolute Gasteiger partial charge is 0.289 e. The molecule has 130 valence electrons. The smallest absolute Gasteiger partial charge is 0.254 e. The van der Waals surface area contributed by atoms with E-state index < -0.39 is 0 Å². The molecule has 1 aliphatic heterocycles. The van der Waals surface area contributed by atoms with Crippen molar-refractivity contribution in [1.82, 2.24) is 5.32 Å². The van der Waals surface area contributed by atoms with Crippen molar-refractivity contribution in [2.75, 3.05) is 0 Å². The lowest BCUT2D eigenvalue weighted by Gasteiger charge is -2.22. The summed E-state index contributed by atoms with van der Waals surface area (Å²) in [5.74, 6) is 0.0961. The predicted octanol–water partition coefficient (Wildman–Crippen LogP) is 5.05. The zero-order chi connectivity index (χ0) is 16.5. The van der Waals surface area contributed by atoms with Crippen molar-refractivity contribution in [2.24, 2.45) is 5.92 Å². The molecule has 1 aliphatic carbocycles. The molecule has 1 atom stereocenters. The fourth-order valence-electron chi connectivity index (χ4n) is 4.02. The maximum Gasteiger partial charge on any atom is 0.254 e. The molecule has 0 aromatic heterocycles. The van der Waals surface area contributed by atoms with E-state index >= 15 is 0 Å². The Kier molecular flexibility index (Phi) is 7.84. The fourth-order valence-corrected chi connectivity index (χ4v) is 4.02. The van der Waals surface area contributed by atoms with Crippen LogP contribution in [0.2, 0.25) is 0 Å². The second kappa shape index (κ2) is 9.89. The Morgan fingerprint density at radius 1 is 0.870 bits per heavy atom. The second-order valence-electron chi connectivity index (χ2n) is 7.24. The van der Waals surface area contributed by atoms with Crippen molar-refractivity contribution in [3.63, 3.8) is 0 Å². The Labute approximate surface area is 141 Å². The summed E-state index contributed by atoms with van der Waals surface area (Å²) in [4.78, 5) is 23.6. The monoisotopic (exact) mass is 319 g/mol. The highest BCUT2D eigenvalue weighted by Gasteiger charge is 2.36. The lowest BCUT2D eigenvalue weighted by Crippen LogP contribution is -2.24. The van der Waals surface area contributed by atoms with Gasteiger partial charge in [0, 0.05) is 11.1 Å². The van der Waals surface area contributed by atoms with Gasteiger partial charge in [-0.1, -0.05) is 71.1 Å². The SMILES string of the molecule is CCCCCCCCCCCCC1CCCC2=C1C(=O)NC2=O. The normalized spacial score (nSPS) is 20.8. The second-order valence-corrected chi connectivity index (χ2v) is 7.24. The van der Waals surface area contributed by atoms with E-state index in [1.165, 1.54) is 64.2 Å². The van der Waals surface area contributed by atoms with E-state index in [-0.39, 0.29) is 11.8 Å². The molecule has 0 aromatic carbocycles. The van der Waals surface area contributed by atoms with Gasteiger partial charge in [0.05, 0.1) is 0 Å². The van der Waals surface area contributed by atoms with E-state index in [0.717, 1.165) is 36.8 Å². The fraction of sp³-hybridized carbons (Fsp3) is 0.800. The van der Waals surface area contributed by atoms with Crippen molar-refractivity contribution < 1.29 is 9.59 Å². The molecule has 2 aliphatic rings. The molecule has 3 heteroatoms. The summed E-state index contributed by atoms with van der Waals surface area (Å²) in [6.45, 7) is 2.26. The Hall–Kier alpha value is -1.12. The first-order valence-electron chi connectivity index (χ1n) is 9.82. The third kappa shape index (κ3) is 5.47. The van der Waals surface area contributed by atoms with Crippen LogP contribution in [0.4, 0.5) is 0 Å². The van der Waals surface area contributed by atoms with Gasteiger partial charge < -0.3 is 0 Å². The average Bonchev–Trinajstić information content (AvgIpc) is 2.84. The molecule has 0 saturated heterocycles. The highest BCUT2D eigenvalue weighted by Crippen LogP contribution is 2.36. The number of hydrogen-bond acceptors (Lipinski definition) is 2. The van der Waals surface area contributed by atoms with Crippen LogP contribution in [-0.2, 0) is 9.59 Å². The van der Waals surface area contributed by atoms with Crippen LogP contribution in [0, 0.1) is 5.92 Å². The first-order chi connectivity index (χ1) is 11.2. The molecule has 2 amide bonds. The molecular formula is C20H33NO2. The quantitative estimate of drug-likeness (QED) is 0.428. The van der Waals surface area contributed by atoms with Gasteiger partial charge in [0.25, 0.3) is 11.8 Å². The van der Waals surface area contributed by atoms with Crippen molar-refractivity contribution >= 4 is 11.8 Å². The molecule has 0 aromatic rings. The predicted molar refractivity (Wildman–Crippen MR) is 94.0 cm³/mol. The van der Waals surface area contributed by atoms with Gasteiger partial charge in [-0.3, -0.25) is 14.9 Å². The van der Waals surface area contributed by atoms with Gasteiger partial charge in [-0.25, -0.2) is 0 Å². The van der Waals surface area contributed by atoms with Crippen LogP contribution < -0.4 is 5.32 Å². The highest BCUT2D eigenvalue weighted by atomic mass is 16.2. The van der Waals surface area contributed by atoms with Crippen LogP contribution in [0.15, 0.2) is 11.1 Å². The minimum atomic E-state index is -0.127. The first-order valence-corrected chi connectivity index (χ1v) is 9.82. The molecule has 23 heavy (non-hydrogen) atoms. The Morgan fingerprint density at radius 3 is 2.13 bits per heavy atom. The van der Waals surface area contributed by atoms with Gasteiger partial charge in [0.15, 0.2) is 0 Å². The molecule has 1 unspecified atom stereocenters. The average molecular weight is 319 g/mol. The summed E-state index contributed by atoms with van der Waals surface area (Å²) in [5.41, 5.74) is 1.62. The summed E-state index contributed by atoms with van der Waals surface area (Å²) >= 11 is 0. The van der Waals surface area contributed by atoms with Crippen molar-refractivity contribution in [3.05, 3.63) is 11.1 Å². The van der Waals surface area contributed by atoms with E-state index in [0.29, 0.717) is 5.92 Å². The van der Waals surface area contributed by atoms with Crippen molar-refractivity contribution in [2.45, 2.75) is 96.8 Å². The third-order valence-corrected chi connectivity index (χ3v) is 5.36. The topological polar surface area (TPSA) is 46.2 Å². The van der Waals surface area contributed by atoms with Crippen LogP contribution in [0.5, 0.6) is 0 Å². The first kappa shape index (κ1) is 18.2. The zero-order valence-electron chi connectivity index (χ0n) is 14.8. The van der Waals surface area contributed by atoms with E-state index in [1.807, 2.05) is 0 Å². The molecular weight excluding hydrogens is 286 g/mol. The van der Waals surface area contributed by atoms with E-state index in [9.17, 15) is 9.59 Å². The summed E-state index contributed by atoms with van der Waals surface area (Å²) in [7, 11) is 0. The Morgan fingerprint density at radius 2 is 1.48 bits per heavy atom. The van der Waals surface area contributed by atoms with Gasteiger partial charge in [-0.15, -0.1) is 0 Å². The summed E-state index contributed by atoms with van der Waals surface area (Å²) in [6, 6.07) is 0. The minimum Gasteiger partial charge on any atom is -0.289 e. The third-order valence-electron chi connectivity index (χ3n) is 5.36. The number of nitrogens with one attached hydrogen (secondary N) is 1. The summed E-state index contributed by atoms with van der Waals surface area (Å²) < 4.78 is 0. The zero-order valence-corrected chi connectivity index (χ0v) is 14.8. The highest BCUT2D eigenvalue weighted by molar-refractivity contribution is 6.19. The molecule has 1 N–H and O–H groups in total. The van der Waals surface area contributed by atoms with Gasteiger partial charge >= 0.3 is 0 Å². The van der Waals surface area contributed by atoms with E-state index in [1.54, 1.807) is 0 Å². The molecule has 1 heterocycles. The van der Waals surface area contributed by atoms with Gasteiger partial charge in [-0.05, 0) is 31.6 Å². The number of unbranched alkanes of at least 4 members (excludes halogenated alkanes) is 9. The summed E-state index contributed by atoms with van der Waals surface area (Å²) in [6.07, 6.45) is 17.4. The van der Waals surface area contributed by atoms with Gasteiger partial charge in [-0.2, -0.15) is 0 Å². The Bertz CT molecular complexity index is 439. The minimum absolute atomic E-state index is 0.109. The van der Waals surface area contributed by atoms with Gasteiger partial charge in [0.1, 0.15) is 0 Å². The van der Waals surface area contributed by atoms with Crippen LogP contribution in [0.3, 0.4) is 0 Å². The van der Waals surface area contributed by atoms with E-state index in [2.05, 4.69) is 12.2 Å². The molecule has 0 fully saturated rings. The lowest BCUT2D eigenvalue weighted by molar-refractivity contribution is -0.124. The van der Waals surface area contributed by atoms with E-state index in [4.69, 9.17) is 0 Å².